The SMILES string of the molecule is CC(C)=CCc1cc(-c2oc3c4c(cc(O)c3c(=O)c2O)O[C@H](C)C4(C)C)cc(O)c1O. The maximum absolute atomic E-state index is 13.1. The number of phenolic OH excluding ortho intramolecular Hbond substituents is 3. The van der Waals surface area contributed by atoms with Crippen molar-refractivity contribution in [3.05, 3.63) is 51.2 Å². The fourth-order valence-corrected chi connectivity index (χ4v) is 4.03. The lowest BCUT2D eigenvalue weighted by Gasteiger charge is -2.22. The van der Waals surface area contributed by atoms with Crippen LogP contribution in [-0.4, -0.2) is 26.5 Å². The minimum absolute atomic E-state index is 0.116. The second kappa shape index (κ2) is 7.22. The molecule has 2 heterocycles. The summed E-state index contributed by atoms with van der Waals surface area (Å²) in [5, 5.41) is 41.5. The van der Waals surface area contributed by atoms with Crippen LogP contribution in [0.25, 0.3) is 22.3 Å². The number of hydrogen-bond donors (Lipinski definition) is 4. The van der Waals surface area contributed by atoms with E-state index in [1.54, 1.807) is 6.07 Å². The van der Waals surface area contributed by atoms with Crippen LogP contribution < -0.4 is 10.2 Å². The molecular weight excluding hydrogens is 412 g/mol. The third kappa shape index (κ3) is 3.16. The smallest absolute Gasteiger partial charge is 0.238 e. The highest BCUT2D eigenvalue weighted by Gasteiger charge is 2.42. The number of allylic oxidation sites excluding steroid dienone is 2. The Labute approximate surface area is 184 Å². The predicted molar refractivity (Wildman–Crippen MR) is 121 cm³/mol. The highest BCUT2D eigenvalue weighted by atomic mass is 16.5. The first-order valence-electron chi connectivity index (χ1n) is 10.3. The zero-order chi connectivity index (χ0) is 23.5. The summed E-state index contributed by atoms with van der Waals surface area (Å²) in [6.07, 6.45) is 1.97. The molecule has 32 heavy (non-hydrogen) atoms. The number of ether oxygens (including phenoxy) is 1. The van der Waals surface area contributed by atoms with Gasteiger partial charge in [0.2, 0.25) is 11.2 Å². The summed E-state index contributed by atoms with van der Waals surface area (Å²) < 4.78 is 11.9. The number of hydrogen-bond acceptors (Lipinski definition) is 7. The molecule has 1 atom stereocenters. The summed E-state index contributed by atoms with van der Waals surface area (Å²) in [4.78, 5) is 13.1. The second-order valence-corrected chi connectivity index (χ2v) is 9.05. The van der Waals surface area contributed by atoms with Gasteiger partial charge in [-0.3, -0.25) is 4.79 Å². The molecule has 0 fully saturated rings. The van der Waals surface area contributed by atoms with Crippen molar-refractivity contribution >= 4 is 11.0 Å². The monoisotopic (exact) mass is 438 g/mol. The molecule has 168 valence electrons. The standard InChI is InChI=1S/C25H26O7/c1-11(2)6-7-13-8-14(9-16(27)20(13)28)23-22(30)21(29)18-15(26)10-17-19(24(18)32-23)25(4,5)12(3)31-17/h6,8-10,12,26-28,30H,7H2,1-5H3/t12-/m1/s1. The first-order valence-corrected chi connectivity index (χ1v) is 10.3. The van der Waals surface area contributed by atoms with Crippen LogP contribution in [0.5, 0.6) is 28.7 Å². The minimum Gasteiger partial charge on any atom is -0.507 e. The van der Waals surface area contributed by atoms with Crippen molar-refractivity contribution in [1.29, 1.82) is 0 Å². The van der Waals surface area contributed by atoms with Gasteiger partial charge in [-0.25, -0.2) is 0 Å². The van der Waals surface area contributed by atoms with Crippen molar-refractivity contribution in [1.82, 2.24) is 0 Å². The van der Waals surface area contributed by atoms with Gasteiger partial charge in [0.15, 0.2) is 17.3 Å². The predicted octanol–water partition coefficient (Wildman–Crippen LogP) is 4.85. The number of rotatable bonds is 3. The lowest BCUT2D eigenvalue weighted by molar-refractivity contribution is 0.185. The third-order valence-electron chi connectivity index (χ3n) is 6.21. The number of aromatic hydroxyl groups is 4. The van der Waals surface area contributed by atoms with Gasteiger partial charge in [0.25, 0.3) is 0 Å². The Balaban J connectivity index is 2.04. The van der Waals surface area contributed by atoms with E-state index in [0.29, 0.717) is 23.3 Å². The molecule has 3 aromatic rings. The van der Waals surface area contributed by atoms with Gasteiger partial charge in [-0.2, -0.15) is 0 Å². The largest absolute Gasteiger partial charge is 0.507 e. The van der Waals surface area contributed by atoms with Gasteiger partial charge in [0.05, 0.1) is 0 Å². The minimum atomic E-state index is -0.796. The van der Waals surface area contributed by atoms with Crippen LogP contribution in [0.15, 0.2) is 39.1 Å². The lowest BCUT2D eigenvalue weighted by Crippen LogP contribution is -2.29. The first-order chi connectivity index (χ1) is 14.9. The first kappa shape index (κ1) is 21.6. The van der Waals surface area contributed by atoms with Crippen molar-refractivity contribution < 1.29 is 29.6 Å². The average Bonchev–Trinajstić information content (AvgIpc) is 2.93. The molecular formula is C25H26O7. The average molecular weight is 438 g/mol. The van der Waals surface area contributed by atoms with Gasteiger partial charge in [-0.1, -0.05) is 25.5 Å². The van der Waals surface area contributed by atoms with E-state index in [9.17, 15) is 25.2 Å². The zero-order valence-corrected chi connectivity index (χ0v) is 18.6. The molecule has 7 heteroatoms. The Hall–Kier alpha value is -3.61. The number of fused-ring (bicyclic) bond motifs is 3. The van der Waals surface area contributed by atoms with E-state index >= 15 is 0 Å². The van der Waals surface area contributed by atoms with Gasteiger partial charge in [0.1, 0.15) is 28.6 Å². The van der Waals surface area contributed by atoms with Gasteiger partial charge in [0, 0.05) is 28.2 Å². The molecule has 0 saturated carbocycles. The van der Waals surface area contributed by atoms with E-state index in [-0.39, 0.29) is 39.9 Å². The van der Waals surface area contributed by atoms with Crippen LogP contribution in [0.4, 0.5) is 0 Å². The fourth-order valence-electron chi connectivity index (χ4n) is 4.03. The van der Waals surface area contributed by atoms with Crippen LogP contribution in [0.3, 0.4) is 0 Å². The maximum Gasteiger partial charge on any atom is 0.238 e. The van der Waals surface area contributed by atoms with Crippen LogP contribution >= 0.6 is 0 Å². The summed E-state index contributed by atoms with van der Waals surface area (Å²) in [5.74, 6) is -1.49. The highest BCUT2D eigenvalue weighted by molar-refractivity contribution is 5.92. The van der Waals surface area contributed by atoms with Gasteiger partial charge >= 0.3 is 0 Å². The molecule has 0 bridgehead atoms. The Morgan fingerprint density at radius 2 is 1.75 bits per heavy atom. The van der Waals surface area contributed by atoms with Crippen LogP contribution in [0, 0.1) is 0 Å². The van der Waals surface area contributed by atoms with Crippen molar-refractivity contribution in [3.63, 3.8) is 0 Å². The molecule has 1 aromatic heterocycles. The molecule has 4 N–H and O–H groups in total. The van der Waals surface area contributed by atoms with E-state index in [1.165, 1.54) is 12.1 Å². The molecule has 1 aliphatic rings. The maximum atomic E-state index is 13.1. The Morgan fingerprint density at radius 1 is 1.06 bits per heavy atom. The zero-order valence-electron chi connectivity index (χ0n) is 18.6. The number of benzene rings is 2. The van der Waals surface area contributed by atoms with Gasteiger partial charge in [-0.15, -0.1) is 0 Å². The summed E-state index contributed by atoms with van der Waals surface area (Å²) in [5.41, 5.74) is 1.05. The van der Waals surface area contributed by atoms with E-state index < -0.39 is 22.3 Å². The topological polar surface area (TPSA) is 120 Å². The molecule has 0 spiro atoms. The lowest BCUT2D eigenvalue weighted by atomic mass is 9.81. The van der Waals surface area contributed by atoms with E-state index in [1.807, 2.05) is 40.7 Å². The highest BCUT2D eigenvalue weighted by Crippen LogP contribution is 2.50. The molecule has 0 radical (unpaired) electrons. The summed E-state index contributed by atoms with van der Waals surface area (Å²) in [6.45, 7) is 9.59. The summed E-state index contributed by atoms with van der Waals surface area (Å²) in [6, 6.07) is 4.13. The summed E-state index contributed by atoms with van der Waals surface area (Å²) >= 11 is 0. The second-order valence-electron chi connectivity index (χ2n) is 9.05. The molecule has 2 aromatic carbocycles. The van der Waals surface area contributed by atoms with Crippen LogP contribution in [0.1, 0.15) is 45.7 Å². The Bertz CT molecular complexity index is 1340. The fraction of sp³-hybridized carbons (Fsp3) is 0.320. The van der Waals surface area contributed by atoms with Crippen molar-refractivity contribution in [2.75, 3.05) is 0 Å². The normalized spacial score (nSPS) is 16.6. The molecule has 1 aliphatic heterocycles. The quantitative estimate of drug-likeness (QED) is 0.341. The van der Waals surface area contributed by atoms with Crippen molar-refractivity contribution in [2.45, 2.75) is 52.6 Å². The van der Waals surface area contributed by atoms with Gasteiger partial charge in [-0.05, 0) is 39.3 Å². The number of phenols is 3. The van der Waals surface area contributed by atoms with Crippen molar-refractivity contribution in [3.8, 4) is 40.1 Å². The Kier molecular flexibility index (Phi) is 4.88. The molecule has 0 amide bonds. The van der Waals surface area contributed by atoms with E-state index in [2.05, 4.69) is 0 Å². The molecule has 0 saturated heterocycles. The Morgan fingerprint density at radius 3 is 2.41 bits per heavy atom. The molecule has 0 aliphatic carbocycles. The molecule has 0 unspecified atom stereocenters. The summed E-state index contributed by atoms with van der Waals surface area (Å²) in [7, 11) is 0. The van der Waals surface area contributed by atoms with Crippen LogP contribution in [0.2, 0.25) is 0 Å². The third-order valence-corrected chi connectivity index (χ3v) is 6.21. The van der Waals surface area contributed by atoms with Crippen LogP contribution in [-0.2, 0) is 11.8 Å². The molecule has 4 rings (SSSR count). The molecule has 7 nitrogen and oxygen atoms in total. The van der Waals surface area contributed by atoms with E-state index in [0.717, 1.165) is 5.57 Å². The van der Waals surface area contributed by atoms with E-state index in [4.69, 9.17) is 9.15 Å². The van der Waals surface area contributed by atoms with Crippen molar-refractivity contribution in [2.24, 2.45) is 0 Å². The van der Waals surface area contributed by atoms with Gasteiger partial charge < -0.3 is 29.6 Å².